The van der Waals surface area contributed by atoms with E-state index in [0.717, 1.165) is 22.6 Å². The fraction of sp³-hybridized carbons (Fsp3) is 0.250. The van der Waals surface area contributed by atoms with Crippen LogP contribution in [0.5, 0.6) is 5.75 Å². The first-order valence-electron chi connectivity index (χ1n) is 6.82. The molecule has 108 valence electrons. The maximum absolute atomic E-state index is 12.5. The number of fused-ring (bicyclic) bond motifs is 1. The molecule has 0 spiro atoms. The molecule has 2 aromatic heterocycles. The van der Waals surface area contributed by atoms with Crippen LogP contribution in [0.3, 0.4) is 0 Å². The Labute approximate surface area is 126 Å². The molecule has 5 heteroatoms. The zero-order valence-corrected chi connectivity index (χ0v) is 12.8. The molecule has 0 amide bonds. The lowest BCUT2D eigenvalue weighted by Gasteiger charge is -2.07. The lowest BCUT2D eigenvalue weighted by atomic mass is 10.2. The van der Waals surface area contributed by atoms with Crippen molar-refractivity contribution in [3.63, 3.8) is 0 Å². The summed E-state index contributed by atoms with van der Waals surface area (Å²) in [6, 6.07) is 9.68. The molecular weight excluding hydrogens is 284 g/mol. The SMILES string of the molecule is CCc1cc2c(=O)n(Cc3cccc(OC)c3)cnc2s1. The van der Waals surface area contributed by atoms with Crippen LogP contribution in [-0.4, -0.2) is 16.7 Å². The van der Waals surface area contributed by atoms with E-state index in [9.17, 15) is 4.79 Å². The van der Waals surface area contributed by atoms with Gasteiger partial charge >= 0.3 is 0 Å². The van der Waals surface area contributed by atoms with E-state index >= 15 is 0 Å². The standard InChI is InChI=1S/C16H16N2O2S/c1-3-13-8-14-15(21-13)17-10-18(16(14)19)9-11-5-4-6-12(7-11)20-2/h4-8,10H,3,9H2,1-2H3. The Kier molecular flexibility index (Phi) is 3.75. The van der Waals surface area contributed by atoms with Crippen LogP contribution in [0.4, 0.5) is 0 Å². The van der Waals surface area contributed by atoms with Crippen molar-refractivity contribution in [3.05, 3.63) is 57.5 Å². The second-order valence-electron chi connectivity index (χ2n) is 4.81. The van der Waals surface area contributed by atoms with Crippen LogP contribution in [0.1, 0.15) is 17.4 Å². The van der Waals surface area contributed by atoms with Crippen LogP contribution in [0.2, 0.25) is 0 Å². The molecule has 4 nitrogen and oxygen atoms in total. The molecule has 0 bridgehead atoms. The highest BCUT2D eigenvalue weighted by atomic mass is 32.1. The largest absolute Gasteiger partial charge is 0.497 e. The average Bonchev–Trinajstić information content (AvgIpc) is 2.94. The summed E-state index contributed by atoms with van der Waals surface area (Å²) >= 11 is 1.59. The van der Waals surface area contributed by atoms with Crippen molar-refractivity contribution in [2.45, 2.75) is 19.9 Å². The summed E-state index contributed by atoms with van der Waals surface area (Å²) in [6.45, 7) is 2.58. The first-order valence-corrected chi connectivity index (χ1v) is 7.63. The number of benzene rings is 1. The van der Waals surface area contributed by atoms with Gasteiger partial charge in [0.2, 0.25) is 0 Å². The summed E-state index contributed by atoms with van der Waals surface area (Å²) in [7, 11) is 1.64. The quantitative estimate of drug-likeness (QED) is 0.744. The van der Waals surface area contributed by atoms with Crippen LogP contribution in [0.25, 0.3) is 10.2 Å². The maximum Gasteiger partial charge on any atom is 0.262 e. The van der Waals surface area contributed by atoms with Gasteiger partial charge < -0.3 is 4.74 Å². The summed E-state index contributed by atoms with van der Waals surface area (Å²) in [5.74, 6) is 0.790. The van der Waals surface area contributed by atoms with Crippen molar-refractivity contribution in [1.29, 1.82) is 0 Å². The lowest BCUT2D eigenvalue weighted by Crippen LogP contribution is -2.20. The second kappa shape index (κ2) is 5.69. The summed E-state index contributed by atoms with van der Waals surface area (Å²) in [6.07, 6.45) is 2.55. The van der Waals surface area contributed by atoms with Gasteiger partial charge in [-0.3, -0.25) is 9.36 Å². The van der Waals surface area contributed by atoms with Gasteiger partial charge in [0.15, 0.2) is 0 Å². The summed E-state index contributed by atoms with van der Waals surface area (Å²) in [5, 5.41) is 0.710. The van der Waals surface area contributed by atoms with Crippen molar-refractivity contribution < 1.29 is 4.74 Å². The van der Waals surface area contributed by atoms with Gasteiger partial charge in [0.05, 0.1) is 25.4 Å². The minimum atomic E-state index is 0.0127. The van der Waals surface area contributed by atoms with E-state index in [-0.39, 0.29) is 5.56 Å². The molecule has 3 rings (SSSR count). The van der Waals surface area contributed by atoms with Gasteiger partial charge in [-0.25, -0.2) is 4.98 Å². The Morgan fingerprint density at radius 2 is 2.19 bits per heavy atom. The van der Waals surface area contributed by atoms with Crippen LogP contribution >= 0.6 is 11.3 Å². The number of rotatable bonds is 4. The maximum atomic E-state index is 12.5. The molecule has 0 atom stereocenters. The van der Waals surface area contributed by atoms with Crippen molar-refractivity contribution in [1.82, 2.24) is 9.55 Å². The van der Waals surface area contributed by atoms with E-state index in [0.29, 0.717) is 11.9 Å². The van der Waals surface area contributed by atoms with Gasteiger partial charge in [0, 0.05) is 4.88 Å². The van der Waals surface area contributed by atoms with Crippen molar-refractivity contribution in [2.24, 2.45) is 0 Å². The van der Waals surface area contributed by atoms with Crippen LogP contribution in [-0.2, 0) is 13.0 Å². The first-order chi connectivity index (χ1) is 10.2. The molecule has 0 saturated carbocycles. The summed E-state index contributed by atoms with van der Waals surface area (Å²) < 4.78 is 6.85. The number of hydrogen-bond acceptors (Lipinski definition) is 4. The number of nitrogens with zero attached hydrogens (tertiary/aromatic N) is 2. The fourth-order valence-electron chi connectivity index (χ4n) is 2.26. The van der Waals surface area contributed by atoms with Gasteiger partial charge in [-0.05, 0) is 30.2 Å². The molecular formula is C16H16N2O2S. The van der Waals surface area contributed by atoms with Crippen LogP contribution in [0.15, 0.2) is 41.5 Å². The molecule has 0 radical (unpaired) electrons. The molecule has 0 saturated heterocycles. The predicted octanol–water partition coefficient (Wildman–Crippen LogP) is 3.08. The molecule has 0 aliphatic rings. The molecule has 21 heavy (non-hydrogen) atoms. The number of methoxy groups -OCH3 is 1. The average molecular weight is 300 g/mol. The highest BCUT2D eigenvalue weighted by Crippen LogP contribution is 2.21. The monoisotopic (exact) mass is 300 g/mol. The van der Waals surface area contributed by atoms with E-state index in [1.165, 1.54) is 4.88 Å². The fourth-order valence-corrected chi connectivity index (χ4v) is 3.19. The molecule has 0 fully saturated rings. The number of aryl methyl sites for hydroxylation is 1. The summed E-state index contributed by atoms with van der Waals surface area (Å²) in [4.78, 5) is 18.9. The third-order valence-corrected chi connectivity index (χ3v) is 4.59. The first kappa shape index (κ1) is 13.8. The Hall–Kier alpha value is -2.14. The van der Waals surface area contributed by atoms with E-state index in [1.807, 2.05) is 30.3 Å². The van der Waals surface area contributed by atoms with Crippen molar-refractivity contribution in [2.75, 3.05) is 7.11 Å². The normalized spacial score (nSPS) is 11.0. The van der Waals surface area contributed by atoms with Gasteiger partial charge in [0.1, 0.15) is 10.6 Å². The Morgan fingerprint density at radius 1 is 1.33 bits per heavy atom. The minimum absolute atomic E-state index is 0.0127. The molecule has 3 aromatic rings. The number of thiophene rings is 1. The zero-order chi connectivity index (χ0) is 14.8. The minimum Gasteiger partial charge on any atom is -0.497 e. The van der Waals surface area contributed by atoms with Gasteiger partial charge in [-0.15, -0.1) is 11.3 Å². The lowest BCUT2D eigenvalue weighted by molar-refractivity contribution is 0.414. The number of ether oxygens (including phenoxy) is 1. The molecule has 0 N–H and O–H groups in total. The third-order valence-electron chi connectivity index (χ3n) is 3.40. The van der Waals surface area contributed by atoms with Crippen LogP contribution in [0, 0.1) is 0 Å². The van der Waals surface area contributed by atoms with E-state index < -0.39 is 0 Å². The van der Waals surface area contributed by atoms with Gasteiger partial charge in [-0.1, -0.05) is 19.1 Å². The molecule has 0 aliphatic carbocycles. The molecule has 0 unspecified atom stereocenters. The Morgan fingerprint density at radius 3 is 2.95 bits per heavy atom. The predicted molar refractivity (Wildman–Crippen MR) is 85.4 cm³/mol. The van der Waals surface area contributed by atoms with Gasteiger partial charge in [0.25, 0.3) is 5.56 Å². The number of aromatic nitrogens is 2. The zero-order valence-electron chi connectivity index (χ0n) is 12.0. The Balaban J connectivity index is 2.00. The van der Waals surface area contributed by atoms with Crippen molar-refractivity contribution >= 4 is 21.6 Å². The number of hydrogen-bond donors (Lipinski definition) is 0. The topological polar surface area (TPSA) is 44.1 Å². The third kappa shape index (κ3) is 2.69. The molecule has 0 aliphatic heterocycles. The van der Waals surface area contributed by atoms with Crippen LogP contribution < -0.4 is 10.3 Å². The highest BCUT2D eigenvalue weighted by molar-refractivity contribution is 7.18. The van der Waals surface area contributed by atoms with Gasteiger partial charge in [-0.2, -0.15) is 0 Å². The molecule has 1 aromatic carbocycles. The highest BCUT2D eigenvalue weighted by Gasteiger charge is 2.08. The van der Waals surface area contributed by atoms with E-state index in [2.05, 4.69) is 11.9 Å². The van der Waals surface area contributed by atoms with E-state index in [4.69, 9.17) is 4.74 Å². The summed E-state index contributed by atoms with van der Waals surface area (Å²) in [5.41, 5.74) is 1.03. The second-order valence-corrected chi connectivity index (χ2v) is 5.93. The Bertz CT molecular complexity index is 836. The van der Waals surface area contributed by atoms with Crippen molar-refractivity contribution in [3.8, 4) is 5.75 Å². The van der Waals surface area contributed by atoms with E-state index in [1.54, 1.807) is 29.3 Å². The smallest absolute Gasteiger partial charge is 0.262 e. The molecule has 2 heterocycles.